The maximum absolute atomic E-state index is 13.6. The fraction of sp³-hybridized carbons (Fsp3) is 0.176. The first-order valence-corrected chi connectivity index (χ1v) is 13.2. The summed E-state index contributed by atoms with van der Waals surface area (Å²) in [5.41, 5.74) is 5.24. The van der Waals surface area contributed by atoms with E-state index >= 15 is 0 Å². The van der Waals surface area contributed by atoms with Gasteiger partial charge in [0, 0.05) is 28.8 Å². The number of ketones is 2. The SMILES string of the molecule is CC1(C)CC(=O)C2=C(C1)Nc1cc(C(=O)c3ccccc3)ccc1NC2c1cccc(Oc2ccccc2)c1. The fourth-order valence-electron chi connectivity index (χ4n) is 5.47. The largest absolute Gasteiger partial charge is 0.457 e. The fourth-order valence-corrected chi connectivity index (χ4v) is 5.47. The van der Waals surface area contributed by atoms with Crippen LogP contribution in [0.3, 0.4) is 0 Å². The summed E-state index contributed by atoms with van der Waals surface area (Å²) in [6.45, 7) is 4.24. The number of nitrogens with one attached hydrogen (secondary N) is 2. The van der Waals surface area contributed by atoms with Gasteiger partial charge in [-0.1, -0.05) is 74.5 Å². The van der Waals surface area contributed by atoms with Crippen molar-refractivity contribution in [2.24, 2.45) is 5.41 Å². The number of hydrogen-bond donors (Lipinski definition) is 2. The van der Waals surface area contributed by atoms with E-state index in [0.29, 0.717) is 23.3 Å². The van der Waals surface area contributed by atoms with Crippen LogP contribution in [0, 0.1) is 5.41 Å². The van der Waals surface area contributed by atoms with Crippen molar-refractivity contribution in [3.8, 4) is 11.5 Å². The molecule has 194 valence electrons. The predicted octanol–water partition coefficient (Wildman–Crippen LogP) is 7.93. The summed E-state index contributed by atoms with van der Waals surface area (Å²) in [4.78, 5) is 26.8. The van der Waals surface area contributed by atoms with Crippen molar-refractivity contribution >= 4 is 22.9 Å². The molecule has 4 aromatic carbocycles. The average Bonchev–Trinajstić information content (AvgIpc) is 3.09. The molecule has 0 spiro atoms. The highest BCUT2D eigenvalue weighted by Gasteiger charge is 2.39. The number of carbonyl (C=O) groups is 2. The summed E-state index contributed by atoms with van der Waals surface area (Å²) in [7, 11) is 0. The molecule has 0 saturated heterocycles. The number of allylic oxidation sites excluding steroid dienone is 1. The molecule has 0 radical (unpaired) electrons. The highest BCUT2D eigenvalue weighted by atomic mass is 16.5. The first-order valence-electron chi connectivity index (χ1n) is 13.2. The van der Waals surface area contributed by atoms with Crippen LogP contribution in [0.25, 0.3) is 0 Å². The van der Waals surface area contributed by atoms with E-state index in [-0.39, 0.29) is 23.0 Å². The summed E-state index contributed by atoms with van der Waals surface area (Å²) in [5.74, 6) is 1.53. The maximum atomic E-state index is 13.6. The van der Waals surface area contributed by atoms with Crippen molar-refractivity contribution in [3.05, 3.63) is 131 Å². The Balaban J connectivity index is 1.41. The quantitative estimate of drug-likeness (QED) is 0.265. The van der Waals surface area contributed by atoms with Crippen LogP contribution in [0.1, 0.15) is 54.2 Å². The van der Waals surface area contributed by atoms with Crippen LogP contribution in [0.5, 0.6) is 11.5 Å². The molecule has 39 heavy (non-hydrogen) atoms. The van der Waals surface area contributed by atoms with Crippen LogP contribution in [0.4, 0.5) is 11.4 Å². The molecule has 6 rings (SSSR count). The number of rotatable bonds is 5. The lowest BCUT2D eigenvalue weighted by atomic mass is 9.73. The molecule has 5 nitrogen and oxygen atoms in total. The minimum absolute atomic E-state index is 0.0407. The van der Waals surface area contributed by atoms with Crippen LogP contribution in [0.2, 0.25) is 0 Å². The second-order valence-electron chi connectivity index (χ2n) is 11.0. The third-order valence-corrected chi connectivity index (χ3v) is 7.28. The van der Waals surface area contributed by atoms with Gasteiger partial charge in [-0.2, -0.15) is 0 Å². The summed E-state index contributed by atoms with van der Waals surface area (Å²) < 4.78 is 6.11. The monoisotopic (exact) mass is 514 g/mol. The molecule has 5 heteroatoms. The Morgan fingerprint density at radius 2 is 1.49 bits per heavy atom. The van der Waals surface area contributed by atoms with Crippen molar-refractivity contribution in [1.82, 2.24) is 0 Å². The lowest BCUT2D eigenvalue weighted by molar-refractivity contribution is -0.118. The van der Waals surface area contributed by atoms with Gasteiger partial charge >= 0.3 is 0 Å². The smallest absolute Gasteiger partial charge is 0.193 e. The minimum atomic E-state index is -0.368. The third-order valence-electron chi connectivity index (χ3n) is 7.28. The van der Waals surface area contributed by atoms with E-state index in [0.717, 1.165) is 40.4 Å². The average molecular weight is 515 g/mol. The number of Topliss-reactive ketones (excluding diaryl/α,β-unsaturated/α-hetero) is 1. The van der Waals surface area contributed by atoms with E-state index in [4.69, 9.17) is 4.74 Å². The molecule has 1 aliphatic carbocycles. The normalized spacial score (nSPS) is 17.7. The lowest BCUT2D eigenvalue weighted by Gasteiger charge is -2.34. The summed E-state index contributed by atoms with van der Waals surface area (Å²) in [6.07, 6.45) is 1.20. The zero-order valence-corrected chi connectivity index (χ0v) is 22.0. The van der Waals surface area contributed by atoms with Gasteiger partial charge in [0.25, 0.3) is 0 Å². The van der Waals surface area contributed by atoms with E-state index in [2.05, 4.69) is 24.5 Å². The van der Waals surface area contributed by atoms with Gasteiger partial charge in [-0.3, -0.25) is 9.59 Å². The van der Waals surface area contributed by atoms with E-state index in [9.17, 15) is 9.59 Å². The zero-order valence-electron chi connectivity index (χ0n) is 22.0. The van der Waals surface area contributed by atoms with E-state index in [1.165, 1.54) is 0 Å². The number of anilines is 2. The predicted molar refractivity (Wildman–Crippen MR) is 154 cm³/mol. The number of ether oxygens (including phenoxy) is 1. The molecule has 4 aromatic rings. The minimum Gasteiger partial charge on any atom is -0.457 e. The molecular formula is C34H30N2O3. The molecule has 0 amide bonds. The standard InChI is InChI=1S/C34H30N2O3/c1-34(2)20-29-31(30(37)21-34)32(23-12-9-15-26(18-23)39-25-13-7-4-8-14-25)36-27-17-16-24(19-28(27)35-29)33(38)22-10-5-3-6-11-22/h3-19,32,35-36H,20-21H2,1-2H3. The van der Waals surface area contributed by atoms with Crippen molar-refractivity contribution in [2.75, 3.05) is 10.6 Å². The molecule has 0 bridgehead atoms. The molecule has 1 heterocycles. The van der Waals surface area contributed by atoms with Gasteiger partial charge in [0.2, 0.25) is 0 Å². The Morgan fingerprint density at radius 3 is 2.26 bits per heavy atom. The molecule has 1 atom stereocenters. The molecule has 2 aliphatic rings. The summed E-state index contributed by atoms with van der Waals surface area (Å²) in [6, 6.07) is 32.1. The van der Waals surface area contributed by atoms with Crippen LogP contribution >= 0.6 is 0 Å². The molecule has 1 aliphatic heterocycles. The Kier molecular flexibility index (Phi) is 6.27. The topological polar surface area (TPSA) is 67.4 Å². The van der Waals surface area contributed by atoms with Gasteiger partial charge < -0.3 is 15.4 Å². The Labute approximate surface area is 228 Å². The van der Waals surface area contributed by atoms with Gasteiger partial charge in [-0.25, -0.2) is 0 Å². The third kappa shape index (κ3) is 5.08. The number of hydrogen-bond acceptors (Lipinski definition) is 5. The van der Waals surface area contributed by atoms with Gasteiger partial charge in [0.05, 0.1) is 17.4 Å². The first-order chi connectivity index (χ1) is 18.9. The second-order valence-corrected chi connectivity index (χ2v) is 11.0. The molecule has 0 aromatic heterocycles. The molecule has 0 fully saturated rings. The van der Waals surface area contributed by atoms with Crippen molar-refractivity contribution < 1.29 is 14.3 Å². The van der Waals surface area contributed by atoms with E-state index in [1.807, 2.05) is 103 Å². The van der Waals surface area contributed by atoms with E-state index in [1.54, 1.807) is 0 Å². The zero-order chi connectivity index (χ0) is 27.0. The maximum Gasteiger partial charge on any atom is 0.193 e. The Morgan fingerprint density at radius 1 is 0.769 bits per heavy atom. The van der Waals surface area contributed by atoms with Crippen LogP contribution < -0.4 is 15.4 Å². The first kappa shape index (κ1) is 24.7. The molecule has 1 unspecified atom stereocenters. The molecule has 0 saturated carbocycles. The van der Waals surface area contributed by atoms with Crippen molar-refractivity contribution in [3.63, 3.8) is 0 Å². The number of fused-ring (bicyclic) bond motifs is 1. The number of para-hydroxylation sites is 1. The van der Waals surface area contributed by atoms with Crippen molar-refractivity contribution in [1.29, 1.82) is 0 Å². The van der Waals surface area contributed by atoms with Crippen LogP contribution in [0.15, 0.2) is 114 Å². The van der Waals surface area contributed by atoms with Crippen molar-refractivity contribution in [2.45, 2.75) is 32.7 Å². The number of carbonyl (C=O) groups excluding carboxylic acids is 2. The van der Waals surface area contributed by atoms with Gasteiger partial charge in [0.1, 0.15) is 11.5 Å². The van der Waals surface area contributed by atoms with Crippen LogP contribution in [-0.4, -0.2) is 11.6 Å². The highest BCUT2D eigenvalue weighted by Crippen LogP contribution is 2.46. The Bertz CT molecular complexity index is 1590. The van der Waals surface area contributed by atoms with Gasteiger partial charge in [-0.05, 0) is 59.9 Å². The Hall–Kier alpha value is -4.64. The second kappa shape index (κ2) is 9.91. The number of benzene rings is 4. The summed E-state index contributed by atoms with van der Waals surface area (Å²) >= 11 is 0. The highest BCUT2D eigenvalue weighted by molar-refractivity contribution is 6.10. The van der Waals surface area contributed by atoms with Gasteiger partial charge in [-0.15, -0.1) is 0 Å². The molecule has 2 N–H and O–H groups in total. The lowest BCUT2D eigenvalue weighted by Crippen LogP contribution is -2.31. The van der Waals surface area contributed by atoms with Gasteiger partial charge in [0.15, 0.2) is 11.6 Å². The summed E-state index contributed by atoms with van der Waals surface area (Å²) in [5, 5.41) is 7.18. The van der Waals surface area contributed by atoms with Crippen LogP contribution in [-0.2, 0) is 4.79 Å². The van der Waals surface area contributed by atoms with E-state index < -0.39 is 0 Å². The molecular weight excluding hydrogens is 484 g/mol.